The molecule has 226 valence electrons. The minimum absolute atomic E-state index is 0.172. The van der Waals surface area contributed by atoms with Gasteiger partial charge in [0.1, 0.15) is 24.4 Å². The third-order valence-electron chi connectivity index (χ3n) is 7.23. The van der Waals surface area contributed by atoms with Gasteiger partial charge >= 0.3 is 0 Å². The lowest BCUT2D eigenvalue weighted by Crippen LogP contribution is -2.58. The number of aliphatic hydroxyl groups excluding tert-OH is 1. The molecular weight excluding hydrogens is 536 g/mol. The quantitative estimate of drug-likeness (QED) is 0.0910. The number of hydrogen-bond acceptors (Lipinski definition) is 7. The molecule has 0 saturated heterocycles. The van der Waals surface area contributed by atoms with E-state index in [4.69, 9.17) is 5.73 Å². The van der Waals surface area contributed by atoms with Gasteiger partial charge in [-0.2, -0.15) is 0 Å². The fraction of sp³-hybridized carbons (Fsp3) is 0.419. The van der Waals surface area contributed by atoms with Crippen LogP contribution in [0.4, 0.5) is 0 Å². The maximum Gasteiger partial charge on any atom is 0.243 e. The number of nitrogens with one attached hydrogen (secondary N) is 5. The van der Waals surface area contributed by atoms with Gasteiger partial charge in [-0.15, -0.1) is 0 Å². The number of amides is 3. The second-order valence-corrected chi connectivity index (χ2v) is 10.4. The molecule has 0 aliphatic rings. The molecule has 42 heavy (non-hydrogen) atoms. The number of aromatic nitrogens is 1. The number of para-hydroxylation sites is 1. The van der Waals surface area contributed by atoms with E-state index in [1.165, 1.54) is 6.92 Å². The Morgan fingerprint density at radius 1 is 0.881 bits per heavy atom. The number of unbranched alkanes of at least 4 members (excludes halogenated alkanes) is 1. The highest BCUT2D eigenvalue weighted by molar-refractivity contribution is 5.94. The molecule has 0 saturated carbocycles. The van der Waals surface area contributed by atoms with Crippen LogP contribution in [0.3, 0.4) is 0 Å². The van der Waals surface area contributed by atoms with Crippen molar-refractivity contribution in [3.63, 3.8) is 0 Å². The predicted molar refractivity (Wildman–Crippen MR) is 161 cm³/mol. The van der Waals surface area contributed by atoms with E-state index >= 15 is 0 Å². The lowest BCUT2D eigenvalue weighted by atomic mass is 10.0. The van der Waals surface area contributed by atoms with E-state index in [0.717, 1.165) is 22.0 Å². The minimum Gasteiger partial charge on any atom is -0.391 e. The number of aliphatic hydroxyl groups is 1. The van der Waals surface area contributed by atoms with E-state index in [-0.39, 0.29) is 18.7 Å². The summed E-state index contributed by atoms with van der Waals surface area (Å²) in [6, 6.07) is 13.5. The lowest BCUT2D eigenvalue weighted by Gasteiger charge is -2.26. The second-order valence-electron chi connectivity index (χ2n) is 10.4. The molecule has 0 aliphatic heterocycles. The standard InChI is InChI=1S/C31H42N6O5/c1-20(39)28(19-38)37-29(40)25(14-8-9-15-32)35-31(42)27(17-22-18-34-24-13-7-6-12-23(22)24)36-30(41)26(33-2)16-21-10-4-3-5-11-21/h3-7,10-13,18-20,25-28,33-34,39H,8-9,14-17,32H2,1-2H3,(H,35,42)(H,36,41)(H,37,40)/t20?,25?,26?,27-,28?/m1/s1. The van der Waals surface area contributed by atoms with E-state index in [1.54, 1.807) is 13.2 Å². The number of rotatable bonds is 17. The van der Waals surface area contributed by atoms with Crippen LogP contribution in [-0.4, -0.2) is 78.0 Å². The number of benzene rings is 2. The maximum atomic E-state index is 13.8. The molecule has 1 heterocycles. The Morgan fingerprint density at radius 2 is 1.52 bits per heavy atom. The summed E-state index contributed by atoms with van der Waals surface area (Å²) >= 11 is 0. The average Bonchev–Trinajstić information content (AvgIpc) is 3.40. The summed E-state index contributed by atoms with van der Waals surface area (Å²) < 4.78 is 0. The molecular formula is C31H42N6O5. The van der Waals surface area contributed by atoms with Gasteiger partial charge in [-0.05, 0) is 63.4 Å². The summed E-state index contributed by atoms with van der Waals surface area (Å²) in [5, 5.41) is 22.0. The van der Waals surface area contributed by atoms with Crippen LogP contribution in [0.1, 0.15) is 37.3 Å². The van der Waals surface area contributed by atoms with Crippen molar-refractivity contribution in [3.05, 3.63) is 71.9 Å². The van der Waals surface area contributed by atoms with E-state index < -0.39 is 42.1 Å². The van der Waals surface area contributed by atoms with Gasteiger partial charge in [0.2, 0.25) is 17.7 Å². The van der Waals surface area contributed by atoms with Crippen LogP contribution in [0.15, 0.2) is 60.8 Å². The maximum absolute atomic E-state index is 13.8. The highest BCUT2D eigenvalue weighted by Gasteiger charge is 2.30. The number of fused-ring (bicyclic) bond motifs is 1. The van der Waals surface area contributed by atoms with E-state index in [9.17, 15) is 24.3 Å². The molecule has 2 aromatic carbocycles. The molecule has 0 spiro atoms. The number of aldehydes is 1. The van der Waals surface area contributed by atoms with Crippen molar-refractivity contribution in [3.8, 4) is 0 Å². The first-order chi connectivity index (χ1) is 20.3. The predicted octanol–water partition coefficient (Wildman–Crippen LogP) is 0.704. The normalized spacial score (nSPS) is 14.8. The molecule has 1 aromatic heterocycles. The van der Waals surface area contributed by atoms with Crippen LogP contribution in [0.25, 0.3) is 10.9 Å². The van der Waals surface area contributed by atoms with Gasteiger partial charge in [0.05, 0.1) is 12.1 Å². The van der Waals surface area contributed by atoms with Crippen molar-refractivity contribution in [2.45, 2.75) is 69.3 Å². The first-order valence-corrected chi connectivity index (χ1v) is 14.3. The molecule has 3 rings (SSSR count). The number of H-pyrrole nitrogens is 1. The Balaban J connectivity index is 1.85. The Morgan fingerprint density at radius 3 is 2.19 bits per heavy atom. The van der Waals surface area contributed by atoms with Gasteiger partial charge in [0.15, 0.2) is 0 Å². The molecule has 0 bridgehead atoms. The van der Waals surface area contributed by atoms with Crippen LogP contribution >= 0.6 is 0 Å². The van der Waals surface area contributed by atoms with Crippen molar-refractivity contribution >= 4 is 34.9 Å². The Bertz CT molecular complexity index is 1310. The molecule has 11 heteroatoms. The molecule has 0 aliphatic carbocycles. The molecule has 11 nitrogen and oxygen atoms in total. The fourth-order valence-corrected chi connectivity index (χ4v) is 4.74. The first-order valence-electron chi connectivity index (χ1n) is 14.3. The van der Waals surface area contributed by atoms with Crippen LogP contribution in [0, 0.1) is 0 Å². The first kappa shape index (κ1) is 32.5. The van der Waals surface area contributed by atoms with Crippen molar-refractivity contribution < 1.29 is 24.3 Å². The van der Waals surface area contributed by atoms with Crippen LogP contribution < -0.4 is 27.0 Å². The molecule has 3 aromatic rings. The highest BCUT2D eigenvalue weighted by Crippen LogP contribution is 2.19. The zero-order valence-corrected chi connectivity index (χ0v) is 24.1. The number of likely N-dealkylation sites (N-methyl/N-ethyl adjacent to an activating group) is 1. The Kier molecular flexibility index (Phi) is 12.7. The number of nitrogens with two attached hydrogens (primary N) is 1. The number of carbonyl (C=O) groups is 4. The van der Waals surface area contributed by atoms with Gasteiger partial charge < -0.3 is 41.9 Å². The third-order valence-corrected chi connectivity index (χ3v) is 7.23. The smallest absolute Gasteiger partial charge is 0.243 e. The van der Waals surface area contributed by atoms with Crippen molar-refractivity contribution in [1.82, 2.24) is 26.3 Å². The van der Waals surface area contributed by atoms with Gasteiger partial charge in [0.25, 0.3) is 0 Å². The largest absolute Gasteiger partial charge is 0.391 e. The minimum atomic E-state index is -1.12. The zero-order valence-electron chi connectivity index (χ0n) is 24.1. The van der Waals surface area contributed by atoms with Crippen LogP contribution in [0.5, 0.6) is 0 Å². The van der Waals surface area contributed by atoms with E-state index in [2.05, 4.69) is 26.3 Å². The molecule has 0 fully saturated rings. The SMILES string of the molecule is CNC(Cc1ccccc1)C(=O)N[C@H](Cc1c[nH]c2ccccc12)C(=O)NC(CCCCN)C(=O)NC(C=O)C(C)O. The summed E-state index contributed by atoms with van der Waals surface area (Å²) in [5.41, 5.74) is 8.32. The van der Waals surface area contributed by atoms with Crippen LogP contribution in [0.2, 0.25) is 0 Å². The number of aromatic amines is 1. The summed E-state index contributed by atoms with van der Waals surface area (Å²) in [6.07, 6.45) is 3.18. The van der Waals surface area contributed by atoms with Gasteiger partial charge in [-0.25, -0.2) is 0 Å². The molecule has 4 unspecified atom stereocenters. The molecule has 3 amide bonds. The molecule has 8 N–H and O–H groups in total. The molecule has 0 radical (unpaired) electrons. The summed E-state index contributed by atoms with van der Waals surface area (Å²) in [5.74, 6) is -1.51. The Hall–Kier alpha value is -4.06. The summed E-state index contributed by atoms with van der Waals surface area (Å²) in [6.45, 7) is 1.81. The summed E-state index contributed by atoms with van der Waals surface area (Å²) in [4.78, 5) is 54.9. The van der Waals surface area contributed by atoms with Gasteiger partial charge in [0, 0.05) is 23.5 Å². The number of hydrogen-bond donors (Lipinski definition) is 7. The van der Waals surface area contributed by atoms with E-state index in [0.29, 0.717) is 32.1 Å². The van der Waals surface area contributed by atoms with E-state index in [1.807, 2.05) is 54.6 Å². The fourth-order valence-electron chi connectivity index (χ4n) is 4.74. The lowest BCUT2D eigenvalue weighted by molar-refractivity contribution is -0.133. The molecule has 5 atom stereocenters. The zero-order chi connectivity index (χ0) is 30.5. The van der Waals surface area contributed by atoms with Gasteiger partial charge in [-0.1, -0.05) is 48.5 Å². The third kappa shape index (κ3) is 9.23. The highest BCUT2D eigenvalue weighted by atomic mass is 16.3. The summed E-state index contributed by atoms with van der Waals surface area (Å²) in [7, 11) is 1.69. The van der Waals surface area contributed by atoms with Gasteiger partial charge in [-0.3, -0.25) is 14.4 Å². The Labute approximate surface area is 246 Å². The van der Waals surface area contributed by atoms with Crippen molar-refractivity contribution in [1.29, 1.82) is 0 Å². The average molecular weight is 579 g/mol. The topological polar surface area (TPSA) is 178 Å². The number of carbonyl (C=O) groups excluding carboxylic acids is 4. The second kappa shape index (κ2) is 16.4. The van der Waals surface area contributed by atoms with Crippen LogP contribution in [-0.2, 0) is 32.0 Å². The monoisotopic (exact) mass is 578 g/mol. The van der Waals surface area contributed by atoms with Crippen molar-refractivity contribution in [2.75, 3.05) is 13.6 Å². The van der Waals surface area contributed by atoms with Crippen molar-refractivity contribution in [2.24, 2.45) is 5.73 Å².